The number of hydrogen-bond donors (Lipinski definition) is 0. The highest BCUT2D eigenvalue weighted by Crippen LogP contribution is 2.38. The standard InChI is InChI=1S/C20H28BNO4S/c1-19(2)20(3,4)26-21(25-19)14-8-9-17(22-12-14)18(23)13-10-15-6-5-7-16(11-13)27(15)24/h8-9,12-13,15-16H,5-7,10-11H2,1-4H3. The van der Waals surface area contributed by atoms with Gasteiger partial charge in [0, 0.05) is 38.9 Å². The Kier molecular flexibility index (Phi) is 4.84. The summed E-state index contributed by atoms with van der Waals surface area (Å²) in [6.45, 7) is 8.06. The summed E-state index contributed by atoms with van der Waals surface area (Å²) in [5.41, 5.74) is 0.515. The first kappa shape index (κ1) is 19.3. The van der Waals surface area contributed by atoms with Crippen molar-refractivity contribution in [1.82, 2.24) is 4.98 Å². The summed E-state index contributed by atoms with van der Waals surface area (Å²) in [6.07, 6.45) is 6.29. The molecule has 27 heavy (non-hydrogen) atoms. The number of carbonyl (C=O) groups is 1. The third-order valence-electron chi connectivity index (χ3n) is 6.74. The van der Waals surface area contributed by atoms with E-state index in [9.17, 15) is 9.00 Å². The van der Waals surface area contributed by atoms with Crippen LogP contribution in [0.4, 0.5) is 0 Å². The van der Waals surface area contributed by atoms with Gasteiger partial charge < -0.3 is 9.31 Å². The Bertz CT molecular complexity index is 732. The molecule has 0 spiro atoms. The number of rotatable bonds is 3. The lowest BCUT2D eigenvalue weighted by molar-refractivity contribution is 0.00578. The van der Waals surface area contributed by atoms with Gasteiger partial charge in [-0.1, -0.05) is 12.5 Å². The summed E-state index contributed by atoms with van der Waals surface area (Å²) >= 11 is 0. The van der Waals surface area contributed by atoms with Crippen LogP contribution in [0.1, 0.15) is 70.3 Å². The summed E-state index contributed by atoms with van der Waals surface area (Å²) in [5.74, 6) is 0.0391. The molecule has 3 aliphatic heterocycles. The van der Waals surface area contributed by atoms with Crippen LogP contribution in [0, 0.1) is 5.92 Å². The predicted molar refractivity (Wildman–Crippen MR) is 107 cm³/mol. The van der Waals surface area contributed by atoms with E-state index in [1.54, 1.807) is 12.3 Å². The van der Waals surface area contributed by atoms with Crippen molar-refractivity contribution in [2.75, 3.05) is 0 Å². The number of Topliss-reactive ketones (excluding diaryl/α,β-unsaturated/α-hetero) is 1. The Morgan fingerprint density at radius 1 is 1.11 bits per heavy atom. The normalized spacial score (nSPS) is 34.4. The van der Waals surface area contributed by atoms with Crippen molar-refractivity contribution < 1.29 is 18.3 Å². The maximum absolute atomic E-state index is 13.0. The number of aromatic nitrogens is 1. The molecule has 2 atom stereocenters. The topological polar surface area (TPSA) is 65.5 Å². The van der Waals surface area contributed by atoms with E-state index in [4.69, 9.17) is 9.31 Å². The molecule has 4 rings (SSSR count). The van der Waals surface area contributed by atoms with Crippen LogP contribution in [0.25, 0.3) is 0 Å². The first-order valence-electron chi connectivity index (χ1n) is 9.93. The molecule has 1 aromatic rings. The second-order valence-electron chi connectivity index (χ2n) is 9.10. The van der Waals surface area contributed by atoms with Crippen LogP contribution in [-0.2, 0) is 20.1 Å². The van der Waals surface area contributed by atoms with Crippen LogP contribution < -0.4 is 5.46 Å². The molecule has 0 saturated carbocycles. The van der Waals surface area contributed by atoms with E-state index in [2.05, 4.69) is 4.98 Å². The fraction of sp³-hybridized carbons (Fsp3) is 0.700. The van der Waals surface area contributed by atoms with E-state index in [-0.39, 0.29) is 22.2 Å². The van der Waals surface area contributed by atoms with E-state index in [1.165, 1.54) is 0 Å². The van der Waals surface area contributed by atoms with Crippen LogP contribution in [0.3, 0.4) is 0 Å². The van der Waals surface area contributed by atoms with Crippen molar-refractivity contribution >= 4 is 29.2 Å². The molecule has 0 N–H and O–H groups in total. The Hall–Kier alpha value is -1.05. The minimum absolute atomic E-state index is 0.0480. The van der Waals surface area contributed by atoms with Crippen molar-refractivity contribution in [2.24, 2.45) is 5.92 Å². The van der Waals surface area contributed by atoms with Gasteiger partial charge in [-0.15, -0.1) is 0 Å². The summed E-state index contributed by atoms with van der Waals surface area (Å²) in [7, 11) is -1.23. The molecular formula is C20H28BNO4S. The minimum atomic E-state index is -0.756. The van der Waals surface area contributed by atoms with Crippen molar-refractivity contribution in [3.8, 4) is 0 Å². The number of nitrogens with zero attached hydrogens (tertiary/aromatic N) is 1. The molecule has 0 aliphatic carbocycles. The lowest BCUT2D eigenvalue weighted by Gasteiger charge is -2.37. The number of hydrogen-bond acceptors (Lipinski definition) is 5. The second kappa shape index (κ2) is 6.78. The third kappa shape index (κ3) is 3.43. The largest absolute Gasteiger partial charge is 0.496 e. The maximum Gasteiger partial charge on any atom is 0.496 e. The number of fused-ring (bicyclic) bond motifs is 2. The Morgan fingerprint density at radius 2 is 1.70 bits per heavy atom. The van der Waals surface area contributed by atoms with E-state index in [0.717, 1.165) is 37.6 Å². The van der Waals surface area contributed by atoms with E-state index in [1.807, 2.05) is 33.8 Å². The van der Waals surface area contributed by atoms with Gasteiger partial charge >= 0.3 is 7.12 Å². The van der Waals surface area contributed by atoms with Crippen LogP contribution in [0.5, 0.6) is 0 Å². The van der Waals surface area contributed by atoms with Gasteiger partial charge in [0.05, 0.1) is 11.2 Å². The number of ketones is 1. The summed E-state index contributed by atoms with van der Waals surface area (Å²) in [6, 6.07) is 3.66. The monoisotopic (exact) mass is 389 g/mol. The van der Waals surface area contributed by atoms with Crippen LogP contribution in [0.2, 0.25) is 0 Å². The minimum Gasteiger partial charge on any atom is -0.399 e. The molecule has 0 radical (unpaired) electrons. The molecule has 7 heteroatoms. The Morgan fingerprint density at radius 3 is 2.22 bits per heavy atom. The number of carbonyl (C=O) groups excluding carboxylic acids is 1. The first-order chi connectivity index (χ1) is 12.7. The lowest BCUT2D eigenvalue weighted by atomic mass is 9.80. The highest BCUT2D eigenvalue weighted by atomic mass is 32.2. The molecule has 3 aliphatic rings. The Balaban J connectivity index is 1.47. The molecule has 3 saturated heterocycles. The highest BCUT2D eigenvalue weighted by Gasteiger charge is 2.51. The van der Waals surface area contributed by atoms with Gasteiger partial charge in [-0.25, -0.2) is 0 Å². The molecule has 5 nitrogen and oxygen atoms in total. The molecule has 4 heterocycles. The third-order valence-corrected chi connectivity index (χ3v) is 8.91. The molecule has 0 amide bonds. The smallest absolute Gasteiger partial charge is 0.399 e. The van der Waals surface area contributed by atoms with E-state index >= 15 is 0 Å². The van der Waals surface area contributed by atoms with Gasteiger partial charge in [0.25, 0.3) is 0 Å². The van der Waals surface area contributed by atoms with Gasteiger partial charge in [-0.3, -0.25) is 14.0 Å². The zero-order chi connectivity index (χ0) is 19.4. The summed E-state index contributed by atoms with van der Waals surface area (Å²) < 4.78 is 24.5. The molecule has 1 aromatic heterocycles. The van der Waals surface area contributed by atoms with Crippen molar-refractivity contribution in [3.63, 3.8) is 0 Å². The predicted octanol–water partition coefficient (Wildman–Crippen LogP) is 2.64. The SMILES string of the molecule is CC1(C)OB(c2ccc(C(=O)C3CC4CCCC(C3)S4=O)nc2)OC1(C)C. The average molecular weight is 389 g/mol. The van der Waals surface area contributed by atoms with Gasteiger partial charge in [-0.2, -0.15) is 0 Å². The van der Waals surface area contributed by atoms with Crippen molar-refractivity contribution in [3.05, 3.63) is 24.0 Å². The highest BCUT2D eigenvalue weighted by molar-refractivity contribution is 7.86. The van der Waals surface area contributed by atoms with Gasteiger partial charge in [-0.05, 0) is 59.4 Å². The number of pyridine rings is 1. The molecule has 0 aromatic carbocycles. The van der Waals surface area contributed by atoms with Gasteiger partial charge in [0.15, 0.2) is 5.78 Å². The summed E-state index contributed by atoms with van der Waals surface area (Å²) in [5, 5.41) is 0.381. The van der Waals surface area contributed by atoms with E-state index in [0.29, 0.717) is 5.69 Å². The molecule has 3 fully saturated rings. The van der Waals surface area contributed by atoms with Crippen molar-refractivity contribution in [2.45, 2.75) is 81.5 Å². The van der Waals surface area contributed by atoms with Gasteiger partial charge in [0.2, 0.25) is 0 Å². The average Bonchev–Trinajstić information content (AvgIpc) is 2.82. The lowest BCUT2D eigenvalue weighted by Crippen LogP contribution is -2.41. The molecule has 146 valence electrons. The zero-order valence-corrected chi connectivity index (χ0v) is 17.4. The van der Waals surface area contributed by atoms with Crippen molar-refractivity contribution in [1.29, 1.82) is 0 Å². The van der Waals surface area contributed by atoms with Crippen LogP contribution in [0.15, 0.2) is 18.3 Å². The Labute approximate surface area is 164 Å². The second-order valence-corrected chi connectivity index (χ2v) is 11.1. The zero-order valence-electron chi connectivity index (χ0n) is 16.6. The molecule has 2 unspecified atom stereocenters. The maximum atomic E-state index is 13.0. The fourth-order valence-electron chi connectivity index (χ4n) is 4.33. The van der Waals surface area contributed by atoms with E-state index < -0.39 is 29.1 Å². The molecular weight excluding hydrogens is 361 g/mol. The van der Waals surface area contributed by atoms with Crippen LogP contribution >= 0.6 is 0 Å². The quantitative estimate of drug-likeness (QED) is 0.588. The summed E-state index contributed by atoms with van der Waals surface area (Å²) in [4.78, 5) is 17.4. The first-order valence-corrected chi connectivity index (χ1v) is 11.2. The van der Waals surface area contributed by atoms with Gasteiger partial charge in [0.1, 0.15) is 5.69 Å². The molecule has 2 bridgehead atoms. The fourth-order valence-corrected chi connectivity index (χ4v) is 6.51. The van der Waals surface area contributed by atoms with Crippen LogP contribution in [-0.4, -0.2) is 43.8 Å².